The van der Waals surface area contributed by atoms with Gasteiger partial charge in [-0.1, -0.05) is 0 Å². The van der Waals surface area contributed by atoms with Crippen LogP contribution in [-0.2, 0) is 62.0 Å². The van der Waals surface area contributed by atoms with Gasteiger partial charge < -0.3 is 33.9 Å². The van der Waals surface area contributed by atoms with Gasteiger partial charge in [0, 0.05) is 25.9 Å². The molecule has 2 N–H and O–H groups in total. The maximum Gasteiger partial charge on any atom is 0.347 e. The monoisotopic (exact) mass is 590 g/mol. The number of carboxylic acid groups (broad SMARTS) is 2. The molecule has 0 heterocycles. The van der Waals surface area contributed by atoms with E-state index in [2.05, 4.69) is 0 Å². The Labute approximate surface area is 236 Å². The number of rotatable bonds is 24. The minimum Gasteiger partial charge on any atom is -0.481 e. The number of carboxylic acids is 2. The first-order valence-corrected chi connectivity index (χ1v) is 13.1. The van der Waals surface area contributed by atoms with Crippen molar-refractivity contribution in [3.8, 4) is 0 Å². The normalized spacial score (nSPS) is 12.0. The molecule has 0 rings (SSSR count). The van der Waals surface area contributed by atoms with Crippen molar-refractivity contribution in [1.29, 1.82) is 0 Å². The Morgan fingerprint density at radius 1 is 0.537 bits per heavy atom. The summed E-state index contributed by atoms with van der Waals surface area (Å²) in [5.41, 5.74) is 0. The van der Waals surface area contributed by atoms with Crippen LogP contribution in [-0.4, -0.2) is 96.2 Å². The Kier molecular flexibility index (Phi) is 19.8. The van der Waals surface area contributed by atoms with Crippen molar-refractivity contribution in [2.45, 2.75) is 90.3 Å². The molecule has 232 valence electrons. The van der Waals surface area contributed by atoms with Gasteiger partial charge in [0.2, 0.25) is 11.6 Å². The Hall–Kier alpha value is -3.88. The van der Waals surface area contributed by atoms with Gasteiger partial charge in [-0.2, -0.15) is 0 Å². The molecule has 15 heteroatoms. The lowest BCUT2D eigenvalue weighted by molar-refractivity contribution is -0.167. The number of aliphatic carboxylic acids is 2. The van der Waals surface area contributed by atoms with Crippen molar-refractivity contribution in [3.63, 3.8) is 0 Å². The van der Waals surface area contributed by atoms with Crippen molar-refractivity contribution >= 4 is 47.4 Å². The topological polar surface area (TPSA) is 223 Å². The standard InChI is InChI=1S/C26H38O15/c1-17(25(35)19(27)9-10-20(28)29)40-23(33)8-3-5-13-37-15-16-38-22(32)7-4-6-14-39-26(36)18(2)41-24(34)12-11-21(30)31/h17-18H,3-16H2,1-2H3,(H,28,29)(H,30,31). The summed E-state index contributed by atoms with van der Waals surface area (Å²) >= 11 is 0. The number of hydrogen-bond acceptors (Lipinski definition) is 13. The molecular formula is C26H38O15. The number of esters is 4. The smallest absolute Gasteiger partial charge is 0.347 e. The molecule has 0 bridgehead atoms. The average molecular weight is 591 g/mol. The van der Waals surface area contributed by atoms with Crippen LogP contribution in [0.3, 0.4) is 0 Å². The largest absolute Gasteiger partial charge is 0.481 e. The molecule has 0 amide bonds. The van der Waals surface area contributed by atoms with Crippen LogP contribution in [0.5, 0.6) is 0 Å². The van der Waals surface area contributed by atoms with Gasteiger partial charge >= 0.3 is 35.8 Å². The van der Waals surface area contributed by atoms with E-state index in [-0.39, 0.29) is 45.7 Å². The van der Waals surface area contributed by atoms with Crippen LogP contribution < -0.4 is 0 Å². The van der Waals surface area contributed by atoms with Gasteiger partial charge in [-0.3, -0.25) is 33.6 Å². The molecule has 2 unspecified atom stereocenters. The Morgan fingerprint density at radius 2 is 1.07 bits per heavy atom. The van der Waals surface area contributed by atoms with Crippen molar-refractivity contribution in [2.24, 2.45) is 0 Å². The minimum absolute atomic E-state index is 0.0000790. The van der Waals surface area contributed by atoms with Crippen LogP contribution in [0.25, 0.3) is 0 Å². The summed E-state index contributed by atoms with van der Waals surface area (Å²) in [4.78, 5) is 90.9. The number of carbonyl (C=O) groups is 8. The maximum atomic E-state index is 11.8. The Balaban J connectivity index is 3.76. The highest BCUT2D eigenvalue weighted by Crippen LogP contribution is 2.06. The van der Waals surface area contributed by atoms with E-state index < -0.39 is 78.9 Å². The molecule has 0 fully saturated rings. The van der Waals surface area contributed by atoms with Crippen LogP contribution in [0, 0.1) is 0 Å². The molecule has 0 aromatic carbocycles. The minimum atomic E-state index is -1.29. The molecule has 0 aromatic rings. The highest BCUT2D eigenvalue weighted by atomic mass is 16.6. The lowest BCUT2D eigenvalue weighted by atomic mass is 10.1. The summed E-state index contributed by atoms with van der Waals surface area (Å²) in [6, 6.07) is 0. The fourth-order valence-corrected chi connectivity index (χ4v) is 2.92. The molecule has 0 aliphatic carbocycles. The van der Waals surface area contributed by atoms with Crippen molar-refractivity contribution < 1.29 is 72.3 Å². The van der Waals surface area contributed by atoms with Crippen LogP contribution in [0.1, 0.15) is 78.1 Å². The van der Waals surface area contributed by atoms with Crippen molar-refractivity contribution in [3.05, 3.63) is 0 Å². The van der Waals surface area contributed by atoms with Gasteiger partial charge in [-0.25, -0.2) is 4.79 Å². The van der Waals surface area contributed by atoms with Gasteiger partial charge in [-0.15, -0.1) is 0 Å². The number of ether oxygens (including phenoxy) is 5. The third kappa shape index (κ3) is 20.7. The predicted octanol–water partition coefficient (Wildman–Crippen LogP) is 1.16. The first kappa shape index (κ1) is 37.1. The van der Waals surface area contributed by atoms with Gasteiger partial charge in [0.05, 0.1) is 32.5 Å². The molecule has 0 aromatic heterocycles. The number of hydrogen-bond donors (Lipinski definition) is 2. The van der Waals surface area contributed by atoms with Gasteiger partial charge in [0.15, 0.2) is 12.2 Å². The van der Waals surface area contributed by atoms with Gasteiger partial charge in [0.1, 0.15) is 6.61 Å². The molecule has 0 aliphatic heterocycles. The third-order valence-electron chi connectivity index (χ3n) is 5.13. The predicted molar refractivity (Wildman–Crippen MR) is 135 cm³/mol. The Bertz CT molecular complexity index is 911. The summed E-state index contributed by atoms with van der Waals surface area (Å²) in [6.07, 6.45) is -2.45. The summed E-state index contributed by atoms with van der Waals surface area (Å²) in [5, 5.41) is 17.1. The fourth-order valence-electron chi connectivity index (χ4n) is 2.92. The second-order valence-corrected chi connectivity index (χ2v) is 8.75. The molecular weight excluding hydrogens is 552 g/mol. The quantitative estimate of drug-likeness (QED) is 0.0696. The van der Waals surface area contributed by atoms with E-state index in [1.807, 2.05) is 0 Å². The lowest BCUT2D eigenvalue weighted by Crippen LogP contribution is -2.30. The zero-order valence-corrected chi connectivity index (χ0v) is 23.3. The van der Waals surface area contributed by atoms with E-state index in [0.29, 0.717) is 25.7 Å². The van der Waals surface area contributed by atoms with Gasteiger partial charge in [0.25, 0.3) is 0 Å². The Morgan fingerprint density at radius 3 is 1.71 bits per heavy atom. The highest BCUT2D eigenvalue weighted by Gasteiger charge is 2.24. The second kappa shape index (κ2) is 21.9. The fraction of sp³-hybridized carbons (Fsp3) is 0.692. The van der Waals surface area contributed by atoms with E-state index in [1.54, 1.807) is 0 Å². The van der Waals surface area contributed by atoms with E-state index in [0.717, 1.165) is 0 Å². The first-order chi connectivity index (χ1) is 19.3. The molecule has 0 spiro atoms. The lowest BCUT2D eigenvalue weighted by Gasteiger charge is -2.12. The SMILES string of the molecule is CC(OC(=O)CCC(=O)O)C(=O)OCCCCC(=O)OCCOCCCCC(=O)OC(C)C(=O)C(=O)CCC(=O)O. The zero-order valence-electron chi connectivity index (χ0n) is 23.3. The van der Waals surface area contributed by atoms with Crippen molar-refractivity contribution in [2.75, 3.05) is 26.4 Å². The summed E-state index contributed by atoms with van der Waals surface area (Å²) < 4.78 is 24.9. The third-order valence-corrected chi connectivity index (χ3v) is 5.13. The van der Waals surface area contributed by atoms with E-state index in [1.165, 1.54) is 13.8 Å². The molecule has 0 saturated heterocycles. The highest BCUT2D eigenvalue weighted by molar-refractivity contribution is 6.39. The van der Waals surface area contributed by atoms with E-state index >= 15 is 0 Å². The molecule has 15 nitrogen and oxygen atoms in total. The van der Waals surface area contributed by atoms with Crippen LogP contribution in [0.2, 0.25) is 0 Å². The van der Waals surface area contributed by atoms with Gasteiger partial charge in [-0.05, 0) is 39.5 Å². The van der Waals surface area contributed by atoms with E-state index in [4.69, 9.17) is 33.9 Å². The average Bonchev–Trinajstić information content (AvgIpc) is 2.90. The van der Waals surface area contributed by atoms with E-state index in [9.17, 15) is 38.4 Å². The molecule has 2 atom stereocenters. The van der Waals surface area contributed by atoms with Crippen molar-refractivity contribution in [1.82, 2.24) is 0 Å². The van der Waals surface area contributed by atoms with Crippen LogP contribution in [0.4, 0.5) is 0 Å². The molecule has 41 heavy (non-hydrogen) atoms. The summed E-state index contributed by atoms with van der Waals surface area (Å²) in [7, 11) is 0. The zero-order chi connectivity index (χ0) is 31.2. The molecule has 0 aliphatic rings. The van der Waals surface area contributed by atoms with Crippen LogP contribution >= 0.6 is 0 Å². The molecule has 0 radical (unpaired) electrons. The maximum absolute atomic E-state index is 11.8. The van der Waals surface area contributed by atoms with Crippen LogP contribution in [0.15, 0.2) is 0 Å². The number of unbranched alkanes of at least 4 members (excludes halogenated alkanes) is 2. The second-order valence-electron chi connectivity index (χ2n) is 8.75. The number of ketones is 2. The molecule has 0 saturated carbocycles. The summed E-state index contributed by atoms with van der Waals surface area (Å²) in [6.45, 7) is 3.00. The number of Topliss-reactive ketones (excluding diaryl/α,β-unsaturated/α-hetero) is 2. The first-order valence-electron chi connectivity index (χ1n) is 13.1. The summed E-state index contributed by atoms with van der Waals surface area (Å²) in [5.74, 6) is -6.98. The number of carbonyl (C=O) groups excluding carboxylic acids is 6.